The molecule has 3 rings (SSSR count). The summed E-state index contributed by atoms with van der Waals surface area (Å²) in [5.41, 5.74) is -0.805. The standard InChI is InChI=1S/C13H8F3N3OS/c14-13(15,16)8-4-2-1-3-7(8)5-9-19-10-11(20)17-6-18-12(10)21-9/h1-4,6H,5H2,(H,17,18,20). The molecule has 8 heteroatoms. The average molecular weight is 311 g/mol. The van der Waals surface area contributed by atoms with Crippen LogP contribution in [0.5, 0.6) is 0 Å². The lowest BCUT2D eigenvalue weighted by Crippen LogP contribution is -2.09. The van der Waals surface area contributed by atoms with Crippen LogP contribution in [0.3, 0.4) is 0 Å². The van der Waals surface area contributed by atoms with E-state index in [9.17, 15) is 18.0 Å². The summed E-state index contributed by atoms with van der Waals surface area (Å²) in [6, 6.07) is 5.33. The first-order valence-electron chi connectivity index (χ1n) is 5.93. The van der Waals surface area contributed by atoms with Gasteiger partial charge in [0, 0.05) is 6.42 Å². The van der Waals surface area contributed by atoms with Gasteiger partial charge in [-0.3, -0.25) is 4.79 Å². The van der Waals surface area contributed by atoms with Crippen LogP contribution in [0.15, 0.2) is 35.4 Å². The monoisotopic (exact) mass is 311 g/mol. The second-order valence-electron chi connectivity index (χ2n) is 4.32. The number of aromatic nitrogens is 3. The van der Waals surface area contributed by atoms with E-state index in [0.29, 0.717) is 9.84 Å². The van der Waals surface area contributed by atoms with Crippen molar-refractivity contribution in [3.63, 3.8) is 0 Å². The van der Waals surface area contributed by atoms with Gasteiger partial charge < -0.3 is 4.98 Å². The highest BCUT2D eigenvalue weighted by Gasteiger charge is 2.33. The van der Waals surface area contributed by atoms with Crippen LogP contribution in [0.1, 0.15) is 16.1 Å². The quantitative estimate of drug-likeness (QED) is 0.791. The maximum absolute atomic E-state index is 12.9. The highest BCUT2D eigenvalue weighted by Crippen LogP contribution is 2.33. The normalized spacial score (nSPS) is 12.0. The van der Waals surface area contributed by atoms with Gasteiger partial charge >= 0.3 is 6.18 Å². The van der Waals surface area contributed by atoms with Crippen molar-refractivity contribution in [2.45, 2.75) is 12.6 Å². The first-order valence-corrected chi connectivity index (χ1v) is 6.75. The van der Waals surface area contributed by atoms with Crippen LogP contribution in [0.4, 0.5) is 13.2 Å². The van der Waals surface area contributed by atoms with E-state index in [1.54, 1.807) is 6.07 Å². The molecule has 1 N–H and O–H groups in total. The van der Waals surface area contributed by atoms with Crippen LogP contribution in [-0.2, 0) is 12.6 Å². The largest absolute Gasteiger partial charge is 0.416 e. The Morgan fingerprint density at radius 2 is 2.00 bits per heavy atom. The zero-order chi connectivity index (χ0) is 15.0. The number of aromatic amines is 1. The molecule has 0 spiro atoms. The van der Waals surface area contributed by atoms with Crippen molar-refractivity contribution in [2.75, 3.05) is 0 Å². The number of nitrogens with one attached hydrogen (secondary N) is 1. The topological polar surface area (TPSA) is 58.6 Å². The zero-order valence-electron chi connectivity index (χ0n) is 10.4. The van der Waals surface area contributed by atoms with Crippen molar-refractivity contribution in [3.05, 3.63) is 57.1 Å². The minimum Gasteiger partial charge on any atom is -0.311 e. The summed E-state index contributed by atoms with van der Waals surface area (Å²) in [6.07, 6.45) is -3.16. The molecule has 0 bridgehead atoms. The van der Waals surface area contributed by atoms with Gasteiger partial charge in [0.15, 0.2) is 10.3 Å². The van der Waals surface area contributed by atoms with E-state index >= 15 is 0 Å². The molecule has 0 fully saturated rings. The SMILES string of the molecule is O=c1[nH]cnc2sc(Cc3ccccc3C(F)(F)F)nc12. The summed E-state index contributed by atoms with van der Waals surface area (Å²) in [4.78, 5) is 22.4. The van der Waals surface area contributed by atoms with Crippen molar-refractivity contribution in [1.82, 2.24) is 15.0 Å². The fourth-order valence-electron chi connectivity index (χ4n) is 2.00. The molecule has 0 unspecified atom stereocenters. The predicted octanol–water partition coefficient (Wildman–Crippen LogP) is 2.99. The van der Waals surface area contributed by atoms with Crippen molar-refractivity contribution in [3.8, 4) is 0 Å². The number of hydrogen-bond acceptors (Lipinski definition) is 4. The molecule has 0 saturated carbocycles. The van der Waals surface area contributed by atoms with Gasteiger partial charge in [0.05, 0.1) is 11.9 Å². The fraction of sp³-hybridized carbons (Fsp3) is 0.154. The Bertz CT molecular complexity index is 853. The van der Waals surface area contributed by atoms with Crippen molar-refractivity contribution in [1.29, 1.82) is 0 Å². The van der Waals surface area contributed by atoms with E-state index in [4.69, 9.17) is 0 Å². The number of rotatable bonds is 2. The first kappa shape index (κ1) is 13.7. The molecule has 0 aliphatic carbocycles. The molecule has 21 heavy (non-hydrogen) atoms. The molecule has 2 heterocycles. The Hall–Kier alpha value is -2.22. The Labute approximate surface area is 120 Å². The van der Waals surface area contributed by atoms with Gasteiger partial charge in [0.1, 0.15) is 5.01 Å². The summed E-state index contributed by atoms with van der Waals surface area (Å²) >= 11 is 1.12. The summed E-state index contributed by atoms with van der Waals surface area (Å²) in [5.74, 6) is 0. The Kier molecular flexibility index (Phi) is 3.25. The summed E-state index contributed by atoms with van der Waals surface area (Å²) < 4.78 is 38.8. The second-order valence-corrected chi connectivity index (χ2v) is 5.39. The summed E-state index contributed by atoms with van der Waals surface area (Å²) in [6.45, 7) is 0. The van der Waals surface area contributed by atoms with Crippen LogP contribution in [-0.4, -0.2) is 15.0 Å². The molecule has 0 aliphatic rings. The lowest BCUT2D eigenvalue weighted by Gasteiger charge is -2.11. The van der Waals surface area contributed by atoms with E-state index in [0.717, 1.165) is 17.4 Å². The van der Waals surface area contributed by atoms with Gasteiger partial charge in [-0.2, -0.15) is 13.2 Å². The maximum Gasteiger partial charge on any atom is 0.416 e. The number of nitrogens with zero attached hydrogens (tertiary/aromatic N) is 2. The number of thiazole rings is 1. The number of alkyl halides is 3. The molecular formula is C13H8F3N3OS. The molecule has 0 atom stereocenters. The molecule has 3 aromatic rings. The molecule has 0 aliphatic heterocycles. The fourth-order valence-corrected chi connectivity index (χ4v) is 2.93. The lowest BCUT2D eigenvalue weighted by molar-refractivity contribution is -0.138. The number of hydrogen-bond donors (Lipinski definition) is 1. The third-order valence-corrected chi connectivity index (χ3v) is 3.87. The van der Waals surface area contributed by atoms with E-state index in [-0.39, 0.29) is 17.5 Å². The maximum atomic E-state index is 12.9. The van der Waals surface area contributed by atoms with E-state index in [1.807, 2.05) is 0 Å². The molecular weight excluding hydrogens is 303 g/mol. The Morgan fingerprint density at radius 3 is 2.71 bits per heavy atom. The van der Waals surface area contributed by atoms with Crippen LogP contribution in [0.25, 0.3) is 10.3 Å². The van der Waals surface area contributed by atoms with Gasteiger partial charge in [-0.05, 0) is 11.6 Å². The summed E-state index contributed by atoms with van der Waals surface area (Å²) in [7, 11) is 0. The van der Waals surface area contributed by atoms with E-state index in [2.05, 4.69) is 15.0 Å². The van der Waals surface area contributed by atoms with Gasteiger partial charge in [-0.15, -0.1) is 0 Å². The minimum atomic E-state index is -4.41. The van der Waals surface area contributed by atoms with Crippen molar-refractivity contribution < 1.29 is 13.2 Å². The van der Waals surface area contributed by atoms with Gasteiger partial charge in [0.2, 0.25) is 0 Å². The third kappa shape index (κ3) is 2.66. The van der Waals surface area contributed by atoms with Crippen molar-refractivity contribution >= 4 is 21.7 Å². The van der Waals surface area contributed by atoms with E-state index in [1.165, 1.54) is 18.5 Å². The molecule has 4 nitrogen and oxygen atoms in total. The minimum absolute atomic E-state index is 0.0101. The zero-order valence-corrected chi connectivity index (χ0v) is 11.3. The van der Waals surface area contributed by atoms with Gasteiger partial charge in [-0.25, -0.2) is 9.97 Å². The van der Waals surface area contributed by atoms with Crippen LogP contribution >= 0.6 is 11.3 Å². The molecule has 2 aromatic heterocycles. The first-order chi connectivity index (χ1) is 9.95. The number of halogens is 3. The number of H-pyrrole nitrogens is 1. The number of fused-ring (bicyclic) bond motifs is 1. The highest BCUT2D eigenvalue weighted by atomic mass is 32.1. The molecule has 0 saturated heterocycles. The average Bonchev–Trinajstić information content (AvgIpc) is 2.82. The summed E-state index contributed by atoms with van der Waals surface area (Å²) in [5, 5.41) is 0.422. The smallest absolute Gasteiger partial charge is 0.311 e. The molecule has 0 amide bonds. The lowest BCUT2D eigenvalue weighted by atomic mass is 10.0. The van der Waals surface area contributed by atoms with E-state index < -0.39 is 17.3 Å². The Balaban J connectivity index is 2.03. The van der Waals surface area contributed by atoms with Crippen molar-refractivity contribution in [2.24, 2.45) is 0 Å². The molecule has 108 valence electrons. The third-order valence-electron chi connectivity index (χ3n) is 2.91. The molecule has 0 radical (unpaired) electrons. The van der Waals surface area contributed by atoms with Gasteiger partial charge in [0.25, 0.3) is 5.56 Å². The van der Waals surface area contributed by atoms with Crippen LogP contribution in [0, 0.1) is 0 Å². The predicted molar refractivity (Wildman–Crippen MR) is 72.3 cm³/mol. The van der Waals surface area contributed by atoms with Crippen LogP contribution < -0.4 is 5.56 Å². The second kappa shape index (κ2) is 4.96. The highest BCUT2D eigenvalue weighted by molar-refractivity contribution is 7.18. The molecule has 1 aromatic carbocycles. The van der Waals surface area contributed by atoms with Crippen LogP contribution in [0.2, 0.25) is 0 Å². The number of benzene rings is 1. The van der Waals surface area contributed by atoms with Gasteiger partial charge in [-0.1, -0.05) is 29.5 Å². The Morgan fingerprint density at radius 1 is 1.24 bits per heavy atom.